The van der Waals surface area contributed by atoms with Crippen LogP contribution in [0.25, 0.3) is 21.5 Å². The Morgan fingerprint density at radius 1 is 1.21 bits per heavy atom. The highest BCUT2D eigenvalue weighted by atomic mass is 32.2. The zero-order valence-electron chi connectivity index (χ0n) is 15.8. The fourth-order valence-electron chi connectivity index (χ4n) is 3.30. The highest BCUT2D eigenvalue weighted by Crippen LogP contribution is 2.28. The van der Waals surface area contributed by atoms with Crippen LogP contribution in [-0.2, 0) is 16.6 Å². The molecular formula is C20H18N4O3S2. The number of carbonyl (C=O) groups is 1. The smallest absolute Gasteiger partial charge is 0.283 e. The van der Waals surface area contributed by atoms with Gasteiger partial charge in [0.25, 0.3) is 5.91 Å². The van der Waals surface area contributed by atoms with E-state index in [4.69, 9.17) is 0 Å². The predicted octanol–water partition coefficient (Wildman–Crippen LogP) is 3.21. The maximum absolute atomic E-state index is 12.8. The van der Waals surface area contributed by atoms with Crippen LogP contribution in [0.15, 0.2) is 54.2 Å². The van der Waals surface area contributed by atoms with Crippen LogP contribution >= 0.6 is 11.3 Å². The lowest BCUT2D eigenvalue weighted by Crippen LogP contribution is -2.31. The first-order valence-electron chi connectivity index (χ1n) is 8.78. The fraction of sp³-hybridized carbons (Fsp3) is 0.150. The summed E-state index contributed by atoms with van der Waals surface area (Å²) in [6, 6.07) is 11.7. The van der Waals surface area contributed by atoms with Crippen molar-refractivity contribution in [2.45, 2.75) is 13.5 Å². The summed E-state index contributed by atoms with van der Waals surface area (Å²) in [4.78, 5) is 21.5. The highest BCUT2D eigenvalue weighted by molar-refractivity contribution is 7.89. The first kappa shape index (κ1) is 19.3. The molecule has 0 bridgehead atoms. The second kappa shape index (κ2) is 7.41. The summed E-state index contributed by atoms with van der Waals surface area (Å²) in [7, 11) is -3.71. The second-order valence-electron chi connectivity index (χ2n) is 6.66. The van der Waals surface area contributed by atoms with Crippen LogP contribution in [-0.4, -0.2) is 35.1 Å². The summed E-state index contributed by atoms with van der Waals surface area (Å²) in [5, 5.41) is 3.14. The van der Waals surface area contributed by atoms with Crippen LogP contribution in [0.2, 0.25) is 0 Å². The Morgan fingerprint density at radius 2 is 2.03 bits per heavy atom. The molecule has 3 aromatic heterocycles. The van der Waals surface area contributed by atoms with Gasteiger partial charge in [0.15, 0.2) is 0 Å². The van der Waals surface area contributed by atoms with Gasteiger partial charge in [-0.2, -0.15) is 0 Å². The molecule has 7 nitrogen and oxygen atoms in total. The molecule has 0 spiro atoms. The number of benzene rings is 1. The van der Waals surface area contributed by atoms with Gasteiger partial charge in [-0.15, -0.1) is 11.3 Å². The summed E-state index contributed by atoms with van der Waals surface area (Å²) >= 11 is 1.62. The molecule has 1 N–H and O–H groups in total. The van der Waals surface area contributed by atoms with Gasteiger partial charge in [0, 0.05) is 22.7 Å². The van der Waals surface area contributed by atoms with Gasteiger partial charge in [-0.05, 0) is 41.5 Å². The van der Waals surface area contributed by atoms with Crippen LogP contribution in [0.5, 0.6) is 0 Å². The number of thiophene rings is 1. The molecule has 0 radical (unpaired) electrons. The van der Waals surface area contributed by atoms with Gasteiger partial charge in [0.05, 0.1) is 18.5 Å². The third kappa shape index (κ3) is 3.92. The number of aromatic nitrogens is 3. The first-order chi connectivity index (χ1) is 13.8. The molecule has 0 aliphatic rings. The van der Waals surface area contributed by atoms with E-state index in [0.717, 1.165) is 27.5 Å². The van der Waals surface area contributed by atoms with E-state index in [0.29, 0.717) is 18.1 Å². The van der Waals surface area contributed by atoms with Crippen molar-refractivity contribution in [3.63, 3.8) is 0 Å². The lowest BCUT2D eigenvalue weighted by Gasteiger charge is -2.13. The average Bonchev–Trinajstić information content (AvgIpc) is 3.26. The molecule has 0 fully saturated rings. The molecule has 4 aromatic rings. The molecule has 9 heteroatoms. The molecule has 3 heterocycles. The van der Waals surface area contributed by atoms with E-state index in [1.54, 1.807) is 41.3 Å². The number of fused-ring (bicyclic) bond motifs is 1. The molecule has 0 aliphatic heterocycles. The van der Waals surface area contributed by atoms with E-state index in [-0.39, 0.29) is 5.69 Å². The number of aryl methyl sites for hydroxylation is 1. The number of imidazole rings is 1. The number of pyridine rings is 1. The van der Waals surface area contributed by atoms with Crippen molar-refractivity contribution in [3.05, 3.63) is 71.1 Å². The standard InChI is InChI=1S/C20H18N4O3S2/c1-13-17(20(25)23-29(2,26)27)24(19(22-13)15-7-4-9-21-11-15)12-16-6-3-5-14-8-10-28-18(14)16/h3-11H,12H2,1-2H3,(H,23,25). The van der Waals surface area contributed by atoms with E-state index in [2.05, 4.69) is 14.7 Å². The molecule has 1 aromatic carbocycles. The summed E-state index contributed by atoms with van der Waals surface area (Å²) in [5.74, 6) is -0.145. The van der Waals surface area contributed by atoms with E-state index < -0.39 is 15.9 Å². The van der Waals surface area contributed by atoms with Crippen molar-refractivity contribution in [3.8, 4) is 11.4 Å². The minimum absolute atomic E-state index is 0.211. The molecule has 0 unspecified atom stereocenters. The monoisotopic (exact) mass is 426 g/mol. The van der Waals surface area contributed by atoms with Gasteiger partial charge in [-0.3, -0.25) is 9.78 Å². The molecule has 29 heavy (non-hydrogen) atoms. The minimum Gasteiger partial charge on any atom is -0.315 e. The second-order valence-corrected chi connectivity index (χ2v) is 9.32. The molecule has 1 amide bonds. The van der Waals surface area contributed by atoms with Crippen LogP contribution < -0.4 is 4.72 Å². The Labute approximate surface area is 172 Å². The SMILES string of the molecule is Cc1nc(-c2cccnc2)n(Cc2cccc3ccsc23)c1C(=O)NS(C)(=O)=O. The number of amides is 1. The van der Waals surface area contributed by atoms with E-state index in [1.807, 2.05) is 35.7 Å². The van der Waals surface area contributed by atoms with Crippen molar-refractivity contribution in [2.75, 3.05) is 6.26 Å². The normalized spacial score (nSPS) is 11.7. The highest BCUT2D eigenvalue weighted by Gasteiger charge is 2.24. The zero-order valence-corrected chi connectivity index (χ0v) is 17.4. The number of hydrogen-bond acceptors (Lipinski definition) is 6. The molecule has 0 saturated carbocycles. The third-order valence-electron chi connectivity index (χ3n) is 4.44. The molecule has 4 rings (SSSR count). The summed E-state index contributed by atoms with van der Waals surface area (Å²) < 4.78 is 28.2. The number of nitrogens with zero attached hydrogens (tertiary/aromatic N) is 3. The van der Waals surface area contributed by atoms with Crippen LogP contribution in [0.3, 0.4) is 0 Å². The van der Waals surface area contributed by atoms with Gasteiger partial charge in [-0.25, -0.2) is 18.1 Å². The van der Waals surface area contributed by atoms with Gasteiger partial charge in [0.2, 0.25) is 10.0 Å². The zero-order chi connectivity index (χ0) is 20.6. The number of hydrogen-bond donors (Lipinski definition) is 1. The van der Waals surface area contributed by atoms with Gasteiger partial charge >= 0.3 is 0 Å². The van der Waals surface area contributed by atoms with E-state index in [1.165, 1.54) is 0 Å². The average molecular weight is 427 g/mol. The quantitative estimate of drug-likeness (QED) is 0.529. The molecule has 148 valence electrons. The number of rotatable bonds is 5. The topological polar surface area (TPSA) is 93.9 Å². The van der Waals surface area contributed by atoms with Crippen molar-refractivity contribution in [1.29, 1.82) is 0 Å². The predicted molar refractivity (Wildman–Crippen MR) is 113 cm³/mol. The summed E-state index contributed by atoms with van der Waals surface area (Å²) in [6.07, 6.45) is 4.28. The Morgan fingerprint density at radius 3 is 2.76 bits per heavy atom. The third-order valence-corrected chi connectivity index (χ3v) is 6.01. The number of nitrogens with one attached hydrogen (secondary N) is 1. The summed E-state index contributed by atoms with van der Waals surface area (Å²) in [6.45, 7) is 2.06. The first-order valence-corrected chi connectivity index (χ1v) is 11.6. The fourth-order valence-corrected chi connectivity index (χ4v) is 4.64. The minimum atomic E-state index is -3.71. The summed E-state index contributed by atoms with van der Waals surface area (Å²) in [5.41, 5.74) is 2.42. The largest absolute Gasteiger partial charge is 0.315 e. The Bertz CT molecular complexity index is 1310. The molecule has 0 atom stereocenters. The van der Waals surface area contributed by atoms with Crippen molar-refractivity contribution < 1.29 is 13.2 Å². The van der Waals surface area contributed by atoms with E-state index >= 15 is 0 Å². The molecule has 0 aliphatic carbocycles. The maximum Gasteiger partial charge on any atom is 0.283 e. The van der Waals surface area contributed by atoms with Crippen LogP contribution in [0, 0.1) is 6.92 Å². The van der Waals surface area contributed by atoms with E-state index in [9.17, 15) is 13.2 Å². The van der Waals surface area contributed by atoms with Crippen LogP contribution in [0.4, 0.5) is 0 Å². The van der Waals surface area contributed by atoms with Crippen LogP contribution in [0.1, 0.15) is 21.7 Å². The lowest BCUT2D eigenvalue weighted by molar-refractivity contribution is 0.0972. The van der Waals surface area contributed by atoms with Crippen molar-refractivity contribution in [1.82, 2.24) is 19.3 Å². The maximum atomic E-state index is 12.8. The lowest BCUT2D eigenvalue weighted by atomic mass is 10.1. The number of carbonyl (C=O) groups excluding carboxylic acids is 1. The van der Waals surface area contributed by atoms with Gasteiger partial charge in [-0.1, -0.05) is 18.2 Å². The van der Waals surface area contributed by atoms with Gasteiger partial charge in [0.1, 0.15) is 11.5 Å². The molecule has 0 saturated heterocycles. The number of sulfonamides is 1. The molecular weight excluding hydrogens is 408 g/mol. The van der Waals surface area contributed by atoms with Gasteiger partial charge < -0.3 is 4.57 Å². The Hall–Kier alpha value is -3.04. The van der Waals surface area contributed by atoms with Crippen molar-refractivity contribution >= 4 is 37.4 Å². The Balaban J connectivity index is 1.89. The van der Waals surface area contributed by atoms with Crippen molar-refractivity contribution in [2.24, 2.45) is 0 Å². The Kier molecular flexibility index (Phi) is 4.93.